The Morgan fingerprint density at radius 3 is 1.23 bits per heavy atom. The summed E-state index contributed by atoms with van der Waals surface area (Å²) >= 11 is 0. The molecule has 0 fully saturated rings. The van der Waals surface area contributed by atoms with Crippen LogP contribution in [0.15, 0.2) is 0 Å². The number of terminal acetylenes is 3. The van der Waals surface area contributed by atoms with Crippen LogP contribution in [0, 0.1) is 37.0 Å². The van der Waals surface area contributed by atoms with E-state index < -0.39 is 0 Å². The molecule has 0 aliphatic carbocycles. The molecule has 0 heterocycles. The lowest BCUT2D eigenvalue weighted by Gasteiger charge is -2.18. The van der Waals surface area contributed by atoms with Gasteiger partial charge in [-0.05, 0) is 0 Å². The van der Waals surface area contributed by atoms with Crippen LogP contribution in [0.2, 0.25) is 0 Å². The van der Waals surface area contributed by atoms with Gasteiger partial charge in [0.25, 0.3) is 0 Å². The van der Waals surface area contributed by atoms with Gasteiger partial charge in [-0.15, -0.1) is 37.0 Å². The van der Waals surface area contributed by atoms with Crippen LogP contribution in [0.1, 0.15) is 19.3 Å². The predicted octanol–water partition coefficient (Wildman–Crippen LogP) is 1.36. The summed E-state index contributed by atoms with van der Waals surface area (Å²) < 4.78 is 0. The van der Waals surface area contributed by atoms with Crippen molar-refractivity contribution in [3.05, 3.63) is 0 Å². The lowest BCUT2D eigenvalue weighted by Crippen LogP contribution is -2.26. The summed E-state index contributed by atoms with van der Waals surface area (Å²) in [5.41, 5.74) is 0. The van der Waals surface area contributed by atoms with Crippen LogP contribution in [0.25, 0.3) is 0 Å². The van der Waals surface area contributed by atoms with Crippen molar-refractivity contribution in [1.82, 2.24) is 4.90 Å². The van der Waals surface area contributed by atoms with Gasteiger partial charge in [-0.2, -0.15) is 0 Å². The molecule has 0 N–H and O–H groups in total. The standard InChI is InChI=1S/C12H15N/c1-4-7-10-13(11-8-5-2)12-9-6-3/h1-3H,7-12H2. The van der Waals surface area contributed by atoms with E-state index in [0.29, 0.717) is 0 Å². The van der Waals surface area contributed by atoms with Gasteiger partial charge in [0.15, 0.2) is 0 Å². The van der Waals surface area contributed by atoms with Crippen LogP contribution in [0.5, 0.6) is 0 Å². The molecule has 0 aliphatic rings. The molecule has 0 atom stereocenters. The first kappa shape index (κ1) is 11.6. The summed E-state index contributed by atoms with van der Waals surface area (Å²) in [6.07, 6.45) is 17.8. The molecular weight excluding hydrogens is 158 g/mol. The first-order valence-corrected chi connectivity index (χ1v) is 4.38. The van der Waals surface area contributed by atoms with Crippen LogP contribution < -0.4 is 0 Å². The zero-order chi connectivity index (χ0) is 9.94. The maximum atomic E-state index is 5.18. The van der Waals surface area contributed by atoms with E-state index in [2.05, 4.69) is 22.7 Å². The average molecular weight is 173 g/mol. The number of rotatable bonds is 6. The van der Waals surface area contributed by atoms with Crippen molar-refractivity contribution in [3.8, 4) is 37.0 Å². The third-order valence-electron chi connectivity index (χ3n) is 1.72. The minimum absolute atomic E-state index is 0.759. The SMILES string of the molecule is C#CCCN(CCC#C)CCC#C. The van der Waals surface area contributed by atoms with Gasteiger partial charge in [0, 0.05) is 38.9 Å². The summed E-state index contributed by atoms with van der Waals surface area (Å²) in [6, 6.07) is 0. The molecule has 0 amide bonds. The molecule has 1 heteroatoms. The zero-order valence-corrected chi connectivity index (χ0v) is 7.92. The van der Waals surface area contributed by atoms with Gasteiger partial charge in [-0.1, -0.05) is 0 Å². The molecule has 13 heavy (non-hydrogen) atoms. The van der Waals surface area contributed by atoms with E-state index in [4.69, 9.17) is 19.3 Å². The lowest BCUT2D eigenvalue weighted by molar-refractivity contribution is 0.294. The Bertz CT molecular complexity index is 191. The molecule has 0 saturated carbocycles. The molecule has 0 aromatic carbocycles. The summed E-state index contributed by atoms with van der Waals surface area (Å²) in [4.78, 5) is 2.21. The van der Waals surface area contributed by atoms with Gasteiger partial charge < -0.3 is 4.90 Å². The third-order valence-corrected chi connectivity index (χ3v) is 1.72. The molecule has 0 unspecified atom stereocenters. The van der Waals surface area contributed by atoms with Gasteiger partial charge in [0.2, 0.25) is 0 Å². The van der Waals surface area contributed by atoms with Crippen LogP contribution >= 0.6 is 0 Å². The van der Waals surface area contributed by atoms with E-state index in [1.807, 2.05) is 0 Å². The second-order valence-corrected chi connectivity index (χ2v) is 2.70. The molecule has 68 valence electrons. The number of nitrogens with zero attached hydrogens (tertiary/aromatic N) is 1. The Morgan fingerprint density at radius 1 is 0.692 bits per heavy atom. The summed E-state index contributed by atoms with van der Waals surface area (Å²) in [5, 5.41) is 0. The van der Waals surface area contributed by atoms with E-state index in [0.717, 1.165) is 38.9 Å². The number of hydrogen-bond donors (Lipinski definition) is 0. The van der Waals surface area contributed by atoms with Crippen molar-refractivity contribution < 1.29 is 0 Å². The smallest absolute Gasteiger partial charge is 0.0214 e. The van der Waals surface area contributed by atoms with Gasteiger partial charge in [-0.25, -0.2) is 0 Å². The molecule has 0 aromatic heterocycles. The second-order valence-electron chi connectivity index (χ2n) is 2.70. The van der Waals surface area contributed by atoms with Crippen molar-refractivity contribution in [1.29, 1.82) is 0 Å². The average Bonchev–Trinajstić information content (AvgIpc) is 2.17. The van der Waals surface area contributed by atoms with E-state index in [9.17, 15) is 0 Å². The van der Waals surface area contributed by atoms with Crippen molar-refractivity contribution in [2.75, 3.05) is 19.6 Å². The molecule has 0 aliphatic heterocycles. The van der Waals surface area contributed by atoms with Crippen molar-refractivity contribution in [2.45, 2.75) is 19.3 Å². The molecule has 1 nitrogen and oxygen atoms in total. The highest BCUT2D eigenvalue weighted by Crippen LogP contribution is 1.95. The maximum Gasteiger partial charge on any atom is 0.0214 e. The van der Waals surface area contributed by atoms with Gasteiger partial charge >= 0.3 is 0 Å². The highest BCUT2D eigenvalue weighted by Gasteiger charge is 2.00. The summed E-state index contributed by atoms with van der Waals surface area (Å²) in [7, 11) is 0. The van der Waals surface area contributed by atoms with Gasteiger partial charge in [0.1, 0.15) is 0 Å². The first-order chi connectivity index (χ1) is 6.35. The van der Waals surface area contributed by atoms with Crippen LogP contribution in [0.4, 0.5) is 0 Å². The molecule has 0 rings (SSSR count). The molecule has 0 radical (unpaired) electrons. The Balaban J connectivity index is 3.70. The van der Waals surface area contributed by atoms with Crippen LogP contribution in [0.3, 0.4) is 0 Å². The molecule has 0 bridgehead atoms. The second kappa shape index (κ2) is 8.73. The Labute approximate surface area is 81.5 Å². The topological polar surface area (TPSA) is 3.24 Å². The minimum atomic E-state index is 0.759. The highest BCUT2D eigenvalue weighted by molar-refractivity contribution is 4.89. The number of hydrogen-bond acceptors (Lipinski definition) is 1. The fourth-order valence-corrected chi connectivity index (χ4v) is 1.00. The Kier molecular flexibility index (Phi) is 7.82. The van der Waals surface area contributed by atoms with Crippen LogP contribution in [-0.2, 0) is 0 Å². The first-order valence-electron chi connectivity index (χ1n) is 4.38. The lowest BCUT2D eigenvalue weighted by atomic mass is 10.3. The highest BCUT2D eigenvalue weighted by atomic mass is 15.1. The van der Waals surface area contributed by atoms with E-state index >= 15 is 0 Å². The van der Waals surface area contributed by atoms with Crippen LogP contribution in [-0.4, -0.2) is 24.5 Å². The third kappa shape index (κ3) is 7.02. The summed E-state index contributed by atoms with van der Waals surface area (Å²) in [5.74, 6) is 7.82. The quantitative estimate of drug-likeness (QED) is 0.548. The Hall–Kier alpha value is -1.36. The molecule has 0 spiro atoms. The van der Waals surface area contributed by atoms with Crippen molar-refractivity contribution >= 4 is 0 Å². The fraction of sp³-hybridized carbons (Fsp3) is 0.500. The maximum absolute atomic E-state index is 5.18. The normalized spacial score (nSPS) is 8.77. The molecule has 0 saturated heterocycles. The minimum Gasteiger partial charge on any atom is -0.300 e. The monoisotopic (exact) mass is 173 g/mol. The predicted molar refractivity (Wildman–Crippen MR) is 56.8 cm³/mol. The molecule has 0 aromatic rings. The van der Waals surface area contributed by atoms with Crippen molar-refractivity contribution in [3.63, 3.8) is 0 Å². The van der Waals surface area contributed by atoms with Gasteiger partial charge in [0.05, 0.1) is 0 Å². The van der Waals surface area contributed by atoms with Crippen molar-refractivity contribution in [2.24, 2.45) is 0 Å². The summed E-state index contributed by atoms with van der Waals surface area (Å²) in [6.45, 7) is 2.67. The molecular formula is C12H15N. The van der Waals surface area contributed by atoms with Gasteiger partial charge in [-0.3, -0.25) is 0 Å². The van der Waals surface area contributed by atoms with E-state index in [1.54, 1.807) is 0 Å². The largest absolute Gasteiger partial charge is 0.300 e. The fourth-order valence-electron chi connectivity index (χ4n) is 1.00. The Morgan fingerprint density at radius 2 is 1.00 bits per heavy atom. The van der Waals surface area contributed by atoms with E-state index in [-0.39, 0.29) is 0 Å². The zero-order valence-electron chi connectivity index (χ0n) is 7.92. The van der Waals surface area contributed by atoms with E-state index in [1.165, 1.54) is 0 Å².